The normalized spacial score (nSPS) is 12.6. The fraction of sp³-hybridized carbons (Fsp3) is 0.444. The molecule has 1 atom stereocenters. The Balaban J connectivity index is 3.14. The minimum absolute atomic E-state index is 0.439. The van der Waals surface area contributed by atoms with E-state index in [0.29, 0.717) is 22.8 Å². The van der Waals surface area contributed by atoms with Crippen molar-refractivity contribution in [2.45, 2.75) is 19.4 Å². The minimum Gasteiger partial charge on any atom is -0.495 e. The molecular formula is C9H12ClNO2. The molecule has 0 saturated carbocycles. The van der Waals surface area contributed by atoms with Crippen LogP contribution in [0.3, 0.4) is 0 Å². The lowest BCUT2D eigenvalue weighted by atomic mass is 10.1. The molecule has 1 aromatic rings. The molecule has 0 saturated heterocycles. The summed E-state index contributed by atoms with van der Waals surface area (Å²) >= 11 is 5.88. The summed E-state index contributed by atoms with van der Waals surface area (Å²) in [6.07, 6.45) is 3.05. The molecule has 72 valence electrons. The SMILES string of the molecule is CCC(O)c1c(Cl)cncc1OC. The number of hydrogen-bond donors (Lipinski definition) is 1. The Morgan fingerprint density at radius 2 is 2.31 bits per heavy atom. The van der Waals surface area contributed by atoms with Crippen molar-refractivity contribution in [3.8, 4) is 5.75 Å². The molecule has 1 N–H and O–H groups in total. The molecule has 0 aromatic carbocycles. The lowest BCUT2D eigenvalue weighted by Crippen LogP contribution is -2.00. The van der Waals surface area contributed by atoms with Crippen molar-refractivity contribution < 1.29 is 9.84 Å². The molecule has 0 bridgehead atoms. The van der Waals surface area contributed by atoms with Gasteiger partial charge in [-0.25, -0.2) is 0 Å². The van der Waals surface area contributed by atoms with E-state index in [-0.39, 0.29) is 0 Å². The smallest absolute Gasteiger partial charge is 0.144 e. The lowest BCUT2D eigenvalue weighted by Gasteiger charge is -2.13. The standard InChI is InChI=1S/C9H12ClNO2/c1-3-7(12)9-6(10)4-11-5-8(9)13-2/h4-5,7,12H,3H2,1-2H3. The monoisotopic (exact) mass is 201 g/mol. The van der Waals surface area contributed by atoms with Crippen LogP contribution in [0.25, 0.3) is 0 Å². The lowest BCUT2D eigenvalue weighted by molar-refractivity contribution is 0.169. The van der Waals surface area contributed by atoms with Gasteiger partial charge in [-0.3, -0.25) is 4.98 Å². The molecule has 1 heterocycles. The second kappa shape index (κ2) is 4.44. The molecule has 1 unspecified atom stereocenters. The summed E-state index contributed by atoms with van der Waals surface area (Å²) in [5.74, 6) is 0.529. The summed E-state index contributed by atoms with van der Waals surface area (Å²) in [5.41, 5.74) is 0.613. The van der Waals surface area contributed by atoms with Crippen LogP contribution in [0.5, 0.6) is 5.75 Å². The Bertz CT molecular complexity index is 291. The van der Waals surface area contributed by atoms with Crippen molar-refractivity contribution in [3.05, 3.63) is 23.0 Å². The molecule has 0 aliphatic heterocycles. The van der Waals surface area contributed by atoms with Gasteiger partial charge < -0.3 is 9.84 Å². The van der Waals surface area contributed by atoms with E-state index in [1.165, 1.54) is 13.3 Å². The maximum atomic E-state index is 9.63. The van der Waals surface area contributed by atoms with Crippen molar-refractivity contribution >= 4 is 11.6 Å². The summed E-state index contributed by atoms with van der Waals surface area (Å²) in [4.78, 5) is 3.86. The van der Waals surface area contributed by atoms with Crippen LogP contribution in [0, 0.1) is 0 Å². The number of pyridine rings is 1. The van der Waals surface area contributed by atoms with Gasteiger partial charge in [0.1, 0.15) is 5.75 Å². The summed E-state index contributed by atoms with van der Waals surface area (Å²) in [7, 11) is 1.53. The second-order valence-corrected chi connectivity index (χ2v) is 3.07. The Labute approximate surface area is 82.3 Å². The topological polar surface area (TPSA) is 42.4 Å². The molecule has 1 aromatic heterocycles. The third-order valence-electron chi connectivity index (χ3n) is 1.84. The first-order valence-electron chi connectivity index (χ1n) is 4.06. The average Bonchev–Trinajstić information content (AvgIpc) is 2.16. The van der Waals surface area contributed by atoms with E-state index in [1.807, 2.05) is 6.92 Å². The highest BCUT2D eigenvalue weighted by molar-refractivity contribution is 6.31. The number of aromatic nitrogens is 1. The number of ether oxygens (including phenoxy) is 1. The van der Waals surface area contributed by atoms with Gasteiger partial charge in [-0.1, -0.05) is 18.5 Å². The van der Waals surface area contributed by atoms with E-state index in [9.17, 15) is 5.11 Å². The Morgan fingerprint density at radius 1 is 1.62 bits per heavy atom. The maximum absolute atomic E-state index is 9.63. The molecule has 0 aliphatic rings. The number of aliphatic hydroxyl groups is 1. The van der Waals surface area contributed by atoms with Gasteiger partial charge in [0.05, 0.1) is 24.4 Å². The first kappa shape index (κ1) is 10.3. The molecule has 3 nitrogen and oxygen atoms in total. The third kappa shape index (κ3) is 2.11. The number of nitrogens with zero attached hydrogens (tertiary/aromatic N) is 1. The molecule has 1 rings (SSSR count). The minimum atomic E-state index is -0.592. The van der Waals surface area contributed by atoms with Crippen molar-refractivity contribution in [2.24, 2.45) is 0 Å². The fourth-order valence-electron chi connectivity index (χ4n) is 1.12. The summed E-state index contributed by atoms with van der Waals surface area (Å²) in [5, 5.41) is 10.1. The van der Waals surface area contributed by atoms with E-state index in [4.69, 9.17) is 16.3 Å². The highest BCUT2D eigenvalue weighted by atomic mass is 35.5. The van der Waals surface area contributed by atoms with Gasteiger partial charge in [-0.2, -0.15) is 0 Å². The van der Waals surface area contributed by atoms with Gasteiger partial charge in [0.2, 0.25) is 0 Å². The van der Waals surface area contributed by atoms with Crippen LogP contribution in [0.15, 0.2) is 12.4 Å². The Morgan fingerprint density at radius 3 is 2.85 bits per heavy atom. The number of methoxy groups -OCH3 is 1. The fourth-order valence-corrected chi connectivity index (χ4v) is 1.39. The highest BCUT2D eigenvalue weighted by Crippen LogP contribution is 2.32. The van der Waals surface area contributed by atoms with Crippen molar-refractivity contribution in [1.29, 1.82) is 0 Å². The van der Waals surface area contributed by atoms with Crippen LogP contribution in [0.2, 0.25) is 5.02 Å². The van der Waals surface area contributed by atoms with Crippen LogP contribution in [-0.2, 0) is 0 Å². The van der Waals surface area contributed by atoms with Gasteiger partial charge in [0, 0.05) is 11.8 Å². The van der Waals surface area contributed by atoms with Gasteiger partial charge in [0.15, 0.2) is 0 Å². The second-order valence-electron chi connectivity index (χ2n) is 2.66. The number of halogens is 1. The largest absolute Gasteiger partial charge is 0.495 e. The number of hydrogen-bond acceptors (Lipinski definition) is 3. The van der Waals surface area contributed by atoms with Crippen LogP contribution < -0.4 is 4.74 Å². The zero-order valence-corrected chi connectivity index (χ0v) is 8.38. The zero-order valence-electron chi connectivity index (χ0n) is 7.62. The zero-order chi connectivity index (χ0) is 9.84. The van der Waals surface area contributed by atoms with Gasteiger partial charge >= 0.3 is 0 Å². The van der Waals surface area contributed by atoms with E-state index in [2.05, 4.69) is 4.98 Å². The quantitative estimate of drug-likeness (QED) is 0.815. The van der Waals surface area contributed by atoms with E-state index >= 15 is 0 Å². The number of rotatable bonds is 3. The van der Waals surface area contributed by atoms with E-state index < -0.39 is 6.10 Å². The third-order valence-corrected chi connectivity index (χ3v) is 2.14. The maximum Gasteiger partial charge on any atom is 0.144 e. The predicted octanol–water partition coefficient (Wildman–Crippen LogP) is 2.19. The highest BCUT2D eigenvalue weighted by Gasteiger charge is 2.15. The molecule has 0 radical (unpaired) electrons. The van der Waals surface area contributed by atoms with Gasteiger partial charge in [-0.05, 0) is 6.42 Å². The predicted molar refractivity (Wildman–Crippen MR) is 51.0 cm³/mol. The van der Waals surface area contributed by atoms with Crippen molar-refractivity contribution in [2.75, 3.05) is 7.11 Å². The van der Waals surface area contributed by atoms with Crippen LogP contribution in [0.4, 0.5) is 0 Å². The van der Waals surface area contributed by atoms with Crippen LogP contribution >= 0.6 is 11.6 Å². The molecule has 13 heavy (non-hydrogen) atoms. The van der Waals surface area contributed by atoms with E-state index in [0.717, 1.165) is 0 Å². The summed E-state index contributed by atoms with van der Waals surface area (Å²) < 4.78 is 5.04. The van der Waals surface area contributed by atoms with Crippen molar-refractivity contribution in [1.82, 2.24) is 4.98 Å². The number of aliphatic hydroxyl groups excluding tert-OH is 1. The Kier molecular flexibility index (Phi) is 3.51. The molecule has 4 heteroatoms. The van der Waals surface area contributed by atoms with E-state index in [1.54, 1.807) is 6.20 Å². The molecule has 0 amide bonds. The molecule has 0 spiro atoms. The average molecular weight is 202 g/mol. The molecular weight excluding hydrogens is 190 g/mol. The first-order valence-corrected chi connectivity index (χ1v) is 4.44. The van der Waals surface area contributed by atoms with Crippen LogP contribution in [0.1, 0.15) is 25.0 Å². The Hall–Kier alpha value is -0.800. The van der Waals surface area contributed by atoms with Gasteiger partial charge in [-0.15, -0.1) is 0 Å². The van der Waals surface area contributed by atoms with Gasteiger partial charge in [0.25, 0.3) is 0 Å². The summed E-state index contributed by atoms with van der Waals surface area (Å²) in [6.45, 7) is 1.88. The first-order chi connectivity index (χ1) is 6.20. The molecule has 0 fully saturated rings. The summed E-state index contributed by atoms with van der Waals surface area (Å²) in [6, 6.07) is 0. The van der Waals surface area contributed by atoms with Crippen molar-refractivity contribution in [3.63, 3.8) is 0 Å². The van der Waals surface area contributed by atoms with Crippen LogP contribution in [-0.4, -0.2) is 17.2 Å². The molecule has 0 aliphatic carbocycles.